The molecule has 0 amide bonds. The smallest absolute Gasteiger partial charge is 0.0513 e. The van der Waals surface area contributed by atoms with Gasteiger partial charge in [0.15, 0.2) is 0 Å². The molecule has 76 valence electrons. The lowest BCUT2D eigenvalue weighted by Gasteiger charge is -2.21. The summed E-state index contributed by atoms with van der Waals surface area (Å²) < 4.78 is 5.35. The lowest BCUT2D eigenvalue weighted by Crippen LogP contribution is -2.33. The molecular formula is C10H15N3O. The van der Waals surface area contributed by atoms with Crippen LogP contribution in [0.15, 0.2) is 24.5 Å². The lowest BCUT2D eigenvalue weighted by atomic mass is 9.94. The molecule has 0 spiro atoms. The maximum atomic E-state index is 5.56. The Labute approximate surface area is 83.4 Å². The fraction of sp³-hybridized carbons (Fsp3) is 0.500. The van der Waals surface area contributed by atoms with Gasteiger partial charge in [0, 0.05) is 24.9 Å². The zero-order valence-corrected chi connectivity index (χ0v) is 8.02. The molecule has 0 bridgehead atoms. The first-order chi connectivity index (χ1) is 6.92. The number of rotatable bonds is 3. The highest BCUT2D eigenvalue weighted by Crippen LogP contribution is 2.27. The van der Waals surface area contributed by atoms with E-state index in [0.29, 0.717) is 5.92 Å². The average molecular weight is 193 g/mol. The van der Waals surface area contributed by atoms with Crippen LogP contribution in [0.25, 0.3) is 0 Å². The van der Waals surface area contributed by atoms with E-state index in [1.165, 1.54) is 5.56 Å². The first-order valence-electron chi connectivity index (χ1n) is 4.85. The number of aromatic nitrogens is 1. The highest BCUT2D eigenvalue weighted by Gasteiger charge is 2.25. The van der Waals surface area contributed by atoms with E-state index in [1.807, 2.05) is 12.1 Å². The quantitative estimate of drug-likeness (QED) is 0.546. The maximum Gasteiger partial charge on any atom is 0.0513 e. The zero-order chi connectivity index (χ0) is 9.80. The Hall–Kier alpha value is -0.970. The summed E-state index contributed by atoms with van der Waals surface area (Å²) in [5.74, 6) is 6.03. The normalized spacial score (nSPS) is 23.6. The molecule has 1 saturated heterocycles. The first-order valence-corrected chi connectivity index (χ1v) is 4.85. The lowest BCUT2D eigenvalue weighted by molar-refractivity contribution is 0.177. The molecule has 0 radical (unpaired) electrons. The van der Waals surface area contributed by atoms with Gasteiger partial charge in [0.25, 0.3) is 0 Å². The van der Waals surface area contributed by atoms with Crippen LogP contribution in [-0.4, -0.2) is 18.2 Å². The Morgan fingerprint density at radius 2 is 2.29 bits per heavy atom. The number of hydrazine groups is 1. The van der Waals surface area contributed by atoms with Gasteiger partial charge in [0.05, 0.1) is 12.6 Å². The average Bonchev–Trinajstić information content (AvgIpc) is 2.74. The number of nitrogens with zero attached hydrogens (tertiary/aromatic N) is 1. The second-order valence-electron chi connectivity index (χ2n) is 3.55. The minimum atomic E-state index is 0.181. The van der Waals surface area contributed by atoms with Gasteiger partial charge >= 0.3 is 0 Å². The van der Waals surface area contributed by atoms with Crippen LogP contribution >= 0.6 is 0 Å². The second-order valence-corrected chi connectivity index (χ2v) is 3.55. The van der Waals surface area contributed by atoms with Gasteiger partial charge in [-0.3, -0.25) is 16.3 Å². The van der Waals surface area contributed by atoms with Gasteiger partial charge in [-0.2, -0.15) is 0 Å². The summed E-state index contributed by atoms with van der Waals surface area (Å²) in [6, 6.07) is 4.16. The summed E-state index contributed by atoms with van der Waals surface area (Å²) in [6.45, 7) is 1.63. The van der Waals surface area contributed by atoms with Gasteiger partial charge in [-0.15, -0.1) is 0 Å². The topological polar surface area (TPSA) is 60.2 Å². The molecule has 14 heavy (non-hydrogen) atoms. The van der Waals surface area contributed by atoms with Gasteiger partial charge in [0.2, 0.25) is 0 Å². The van der Waals surface area contributed by atoms with Crippen LogP contribution in [0.4, 0.5) is 0 Å². The third-order valence-electron chi connectivity index (χ3n) is 2.68. The van der Waals surface area contributed by atoms with Gasteiger partial charge in [0.1, 0.15) is 0 Å². The van der Waals surface area contributed by atoms with Crippen molar-refractivity contribution < 1.29 is 4.74 Å². The van der Waals surface area contributed by atoms with E-state index in [1.54, 1.807) is 12.4 Å². The van der Waals surface area contributed by atoms with E-state index in [-0.39, 0.29) is 6.04 Å². The molecule has 3 N–H and O–H groups in total. The Kier molecular flexibility index (Phi) is 3.08. The van der Waals surface area contributed by atoms with Crippen LogP contribution in [0.5, 0.6) is 0 Å². The van der Waals surface area contributed by atoms with Crippen molar-refractivity contribution in [1.29, 1.82) is 0 Å². The number of hydrogen-bond acceptors (Lipinski definition) is 4. The molecule has 0 aromatic carbocycles. The van der Waals surface area contributed by atoms with Crippen molar-refractivity contribution in [1.82, 2.24) is 10.4 Å². The number of ether oxygens (including phenoxy) is 1. The van der Waals surface area contributed by atoms with Crippen LogP contribution in [0.3, 0.4) is 0 Å². The Bertz CT molecular complexity index is 272. The van der Waals surface area contributed by atoms with E-state index < -0.39 is 0 Å². The molecule has 2 heterocycles. The van der Waals surface area contributed by atoms with Crippen molar-refractivity contribution >= 4 is 0 Å². The van der Waals surface area contributed by atoms with Crippen molar-refractivity contribution in [3.63, 3.8) is 0 Å². The maximum absolute atomic E-state index is 5.56. The number of nitrogens with one attached hydrogen (secondary N) is 1. The fourth-order valence-corrected chi connectivity index (χ4v) is 1.89. The number of hydrogen-bond donors (Lipinski definition) is 2. The van der Waals surface area contributed by atoms with Gasteiger partial charge in [-0.1, -0.05) is 0 Å². The van der Waals surface area contributed by atoms with Gasteiger partial charge in [-0.25, -0.2) is 0 Å². The van der Waals surface area contributed by atoms with Crippen LogP contribution in [0.2, 0.25) is 0 Å². The minimum absolute atomic E-state index is 0.181. The van der Waals surface area contributed by atoms with Crippen LogP contribution in [0, 0.1) is 5.92 Å². The monoisotopic (exact) mass is 193 g/mol. The van der Waals surface area contributed by atoms with Gasteiger partial charge in [-0.05, 0) is 24.1 Å². The molecular weight excluding hydrogens is 178 g/mol. The fourth-order valence-electron chi connectivity index (χ4n) is 1.89. The van der Waals surface area contributed by atoms with E-state index in [2.05, 4.69) is 10.4 Å². The summed E-state index contributed by atoms with van der Waals surface area (Å²) in [5, 5.41) is 0. The zero-order valence-electron chi connectivity index (χ0n) is 8.02. The van der Waals surface area contributed by atoms with Crippen LogP contribution in [0.1, 0.15) is 18.0 Å². The predicted molar refractivity (Wildman–Crippen MR) is 53.2 cm³/mol. The van der Waals surface area contributed by atoms with Crippen molar-refractivity contribution in [3.8, 4) is 0 Å². The van der Waals surface area contributed by atoms with Crippen LogP contribution < -0.4 is 11.3 Å². The molecule has 1 aromatic heterocycles. The summed E-state index contributed by atoms with van der Waals surface area (Å²) in [5.41, 5.74) is 4.03. The second kappa shape index (κ2) is 4.50. The van der Waals surface area contributed by atoms with E-state index in [0.717, 1.165) is 19.6 Å². The third kappa shape index (κ3) is 1.92. The molecule has 4 nitrogen and oxygen atoms in total. The Morgan fingerprint density at radius 3 is 2.86 bits per heavy atom. The molecule has 1 aliphatic heterocycles. The number of nitrogens with two attached hydrogens (primary N) is 1. The third-order valence-corrected chi connectivity index (χ3v) is 2.68. The standard InChI is InChI=1S/C10H15N3O/c11-13-10(9-3-6-14-7-9)8-1-4-12-5-2-8/h1-2,4-5,9-10,13H,3,6-7,11H2. The predicted octanol–water partition coefficient (Wildman–Crippen LogP) is 0.622. The molecule has 1 fully saturated rings. The molecule has 1 aromatic rings. The molecule has 2 atom stereocenters. The summed E-state index contributed by atoms with van der Waals surface area (Å²) >= 11 is 0. The molecule has 2 unspecified atom stereocenters. The van der Waals surface area contributed by atoms with Crippen molar-refractivity contribution in [2.24, 2.45) is 11.8 Å². The van der Waals surface area contributed by atoms with E-state index in [4.69, 9.17) is 10.6 Å². The number of pyridine rings is 1. The first kappa shape index (κ1) is 9.58. The van der Waals surface area contributed by atoms with Crippen molar-refractivity contribution in [2.75, 3.05) is 13.2 Å². The van der Waals surface area contributed by atoms with Crippen LogP contribution in [-0.2, 0) is 4.74 Å². The van der Waals surface area contributed by atoms with Crippen molar-refractivity contribution in [2.45, 2.75) is 12.5 Å². The largest absolute Gasteiger partial charge is 0.381 e. The summed E-state index contributed by atoms with van der Waals surface area (Å²) in [6.07, 6.45) is 4.64. The highest BCUT2D eigenvalue weighted by molar-refractivity contribution is 5.16. The molecule has 2 rings (SSSR count). The minimum Gasteiger partial charge on any atom is -0.381 e. The van der Waals surface area contributed by atoms with Gasteiger partial charge < -0.3 is 4.74 Å². The summed E-state index contributed by atoms with van der Waals surface area (Å²) in [4.78, 5) is 3.99. The molecule has 0 aliphatic carbocycles. The van der Waals surface area contributed by atoms with E-state index >= 15 is 0 Å². The molecule has 0 saturated carbocycles. The molecule has 4 heteroatoms. The van der Waals surface area contributed by atoms with E-state index in [9.17, 15) is 0 Å². The van der Waals surface area contributed by atoms with Crippen molar-refractivity contribution in [3.05, 3.63) is 30.1 Å². The Morgan fingerprint density at radius 1 is 1.50 bits per heavy atom. The molecule has 1 aliphatic rings. The summed E-state index contributed by atoms with van der Waals surface area (Å²) in [7, 11) is 0. The highest BCUT2D eigenvalue weighted by atomic mass is 16.5. The Balaban J connectivity index is 2.12. The SMILES string of the molecule is NNC(c1ccncc1)C1CCOC1.